The van der Waals surface area contributed by atoms with Crippen LogP contribution in [-0.4, -0.2) is 35.1 Å². The van der Waals surface area contributed by atoms with Crippen LogP contribution in [-0.2, 0) is 4.74 Å². The third-order valence-electron chi connectivity index (χ3n) is 3.10. The molecule has 1 aromatic carbocycles. The first-order valence-corrected chi connectivity index (χ1v) is 7.25. The third-order valence-corrected chi connectivity index (χ3v) is 3.10. The zero-order valence-electron chi connectivity index (χ0n) is 13.1. The lowest BCUT2D eigenvalue weighted by atomic mass is 10.1. The maximum atomic E-state index is 12.5. The van der Waals surface area contributed by atoms with Crippen LogP contribution in [0.3, 0.4) is 0 Å². The van der Waals surface area contributed by atoms with E-state index in [4.69, 9.17) is 4.74 Å². The van der Waals surface area contributed by atoms with E-state index in [1.165, 1.54) is 0 Å². The van der Waals surface area contributed by atoms with E-state index in [1.807, 2.05) is 58.0 Å². The van der Waals surface area contributed by atoms with Crippen molar-refractivity contribution in [1.82, 2.24) is 10.2 Å². The lowest BCUT2D eigenvalue weighted by molar-refractivity contribution is 0.135. The number of carbonyl (C=O) groups excluding carboxylic acids is 1. The lowest BCUT2D eigenvalue weighted by Crippen LogP contribution is -2.56. The van der Waals surface area contributed by atoms with Gasteiger partial charge in [0.15, 0.2) is 0 Å². The Kier molecular flexibility index (Phi) is 4.50. The van der Waals surface area contributed by atoms with Crippen LogP contribution in [0, 0.1) is 0 Å². The Morgan fingerprint density at radius 2 is 2.00 bits per heavy atom. The topological polar surface area (TPSA) is 53.9 Å². The van der Waals surface area contributed by atoms with Crippen molar-refractivity contribution in [2.45, 2.75) is 45.7 Å². The van der Waals surface area contributed by atoms with Gasteiger partial charge in [0.25, 0.3) is 0 Å². The molecule has 0 spiro atoms. The van der Waals surface area contributed by atoms with Crippen molar-refractivity contribution >= 4 is 17.7 Å². The molecule has 1 unspecified atom stereocenters. The highest BCUT2D eigenvalue weighted by molar-refractivity contribution is 5.95. The fourth-order valence-corrected chi connectivity index (χ4v) is 2.08. The van der Waals surface area contributed by atoms with E-state index in [2.05, 4.69) is 10.3 Å². The second-order valence-corrected chi connectivity index (χ2v) is 6.27. The quantitative estimate of drug-likeness (QED) is 0.862. The number of amides is 2. The Balaban J connectivity index is 2.25. The van der Waals surface area contributed by atoms with Gasteiger partial charge in [0, 0.05) is 18.0 Å². The van der Waals surface area contributed by atoms with Gasteiger partial charge in [-0.15, -0.1) is 0 Å². The molecule has 1 aliphatic rings. The summed E-state index contributed by atoms with van der Waals surface area (Å²) in [6.45, 7) is 8.44. The predicted octanol–water partition coefficient (Wildman–Crippen LogP) is 3.29. The Hall–Kier alpha value is -2.04. The molecule has 1 fully saturated rings. The van der Waals surface area contributed by atoms with Crippen molar-refractivity contribution in [3.05, 3.63) is 30.3 Å². The fraction of sp³-hybridized carbons (Fsp3) is 0.500. The smallest absolute Gasteiger partial charge is 0.326 e. The minimum Gasteiger partial charge on any atom is -0.464 e. The van der Waals surface area contributed by atoms with Gasteiger partial charge in [0.1, 0.15) is 0 Å². The standard InChI is InChI=1S/C16H23N3O2/c1-12-10-11-21-15(17-13-8-6-5-7-9-13)19(12)14(20)18-16(2,3)4/h5-9,12H,10-11H2,1-4H3,(H,18,20). The molecule has 1 aromatic rings. The summed E-state index contributed by atoms with van der Waals surface area (Å²) in [7, 11) is 0. The van der Waals surface area contributed by atoms with Crippen LogP contribution in [0.25, 0.3) is 0 Å². The first-order chi connectivity index (χ1) is 9.87. The zero-order valence-corrected chi connectivity index (χ0v) is 13.1. The van der Waals surface area contributed by atoms with Crippen LogP contribution in [0.5, 0.6) is 0 Å². The average Bonchev–Trinajstić information content (AvgIpc) is 2.37. The molecule has 1 heterocycles. The maximum Gasteiger partial charge on any atom is 0.326 e. The summed E-state index contributed by atoms with van der Waals surface area (Å²) in [6.07, 6.45) is 0.797. The number of ether oxygens (including phenoxy) is 1. The van der Waals surface area contributed by atoms with Gasteiger partial charge in [0.2, 0.25) is 0 Å². The molecule has 0 radical (unpaired) electrons. The summed E-state index contributed by atoms with van der Waals surface area (Å²) in [5.74, 6) is 0. The highest BCUT2D eigenvalue weighted by Crippen LogP contribution is 2.19. The number of nitrogens with one attached hydrogen (secondary N) is 1. The Morgan fingerprint density at radius 3 is 2.62 bits per heavy atom. The summed E-state index contributed by atoms with van der Waals surface area (Å²) in [5, 5.41) is 2.96. The molecule has 114 valence electrons. The number of carbonyl (C=O) groups is 1. The molecule has 5 nitrogen and oxygen atoms in total. The lowest BCUT2D eigenvalue weighted by Gasteiger charge is -2.35. The van der Waals surface area contributed by atoms with E-state index >= 15 is 0 Å². The highest BCUT2D eigenvalue weighted by Gasteiger charge is 2.32. The molecule has 0 bridgehead atoms. The second-order valence-electron chi connectivity index (χ2n) is 6.27. The van der Waals surface area contributed by atoms with E-state index in [-0.39, 0.29) is 17.6 Å². The largest absolute Gasteiger partial charge is 0.464 e. The number of aliphatic imine (C=N–C) groups is 1. The molecular formula is C16H23N3O2. The van der Waals surface area contributed by atoms with Crippen molar-refractivity contribution in [2.75, 3.05) is 6.61 Å². The molecule has 1 N–H and O–H groups in total. The summed E-state index contributed by atoms with van der Waals surface area (Å²) in [5.41, 5.74) is 0.474. The normalized spacial score (nSPS) is 21.0. The van der Waals surface area contributed by atoms with Crippen LogP contribution < -0.4 is 5.32 Å². The number of nitrogens with zero attached hydrogens (tertiary/aromatic N) is 2. The minimum atomic E-state index is -0.299. The van der Waals surface area contributed by atoms with Crippen molar-refractivity contribution in [3.63, 3.8) is 0 Å². The number of benzene rings is 1. The first kappa shape index (κ1) is 15.4. The van der Waals surface area contributed by atoms with Crippen molar-refractivity contribution in [1.29, 1.82) is 0 Å². The molecule has 2 rings (SSSR count). The summed E-state index contributed by atoms with van der Waals surface area (Å²) >= 11 is 0. The van der Waals surface area contributed by atoms with E-state index < -0.39 is 0 Å². The number of hydrogen-bond donors (Lipinski definition) is 1. The fourth-order valence-electron chi connectivity index (χ4n) is 2.08. The van der Waals surface area contributed by atoms with Crippen LogP contribution in [0.2, 0.25) is 0 Å². The molecular weight excluding hydrogens is 266 g/mol. The summed E-state index contributed by atoms with van der Waals surface area (Å²) < 4.78 is 5.62. The SMILES string of the molecule is CC1CCOC(=Nc2ccccc2)N1C(=O)NC(C)(C)C. The number of rotatable bonds is 1. The monoisotopic (exact) mass is 289 g/mol. The molecule has 0 aliphatic carbocycles. The van der Waals surface area contributed by atoms with Gasteiger partial charge in [0.05, 0.1) is 12.3 Å². The molecule has 1 saturated heterocycles. The molecule has 0 aromatic heterocycles. The van der Waals surface area contributed by atoms with Gasteiger partial charge < -0.3 is 10.1 Å². The molecule has 2 amide bonds. The van der Waals surface area contributed by atoms with Gasteiger partial charge in [-0.2, -0.15) is 4.99 Å². The van der Waals surface area contributed by atoms with Crippen molar-refractivity contribution < 1.29 is 9.53 Å². The highest BCUT2D eigenvalue weighted by atomic mass is 16.5. The third kappa shape index (κ3) is 4.21. The van der Waals surface area contributed by atoms with Crippen LogP contribution in [0.4, 0.5) is 10.5 Å². The average molecular weight is 289 g/mol. The Morgan fingerprint density at radius 1 is 1.33 bits per heavy atom. The predicted molar refractivity (Wildman–Crippen MR) is 83.7 cm³/mol. The second kappa shape index (κ2) is 6.16. The Labute approximate surface area is 126 Å². The molecule has 21 heavy (non-hydrogen) atoms. The maximum absolute atomic E-state index is 12.5. The van der Waals surface area contributed by atoms with Crippen LogP contribution >= 0.6 is 0 Å². The molecule has 1 aliphatic heterocycles. The summed E-state index contributed by atoms with van der Waals surface area (Å²) in [4.78, 5) is 18.5. The van der Waals surface area contributed by atoms with Gasteiger partial charge in [-0.3, -0.25) is 0 Å². The first-order valence-electron chi connectivity index (χ1n) is 7.25. The van der Waals surface area contributed by atoms with Crippen molar-refractivity contribution in [3.8, 4) is 0 Å². The zero-order chi connectivity index (χ0) is 15.5. The molecule has 5 heteroatoms. The Bertz CT molecular complexity index is 520. The molecule has 1 atom stereocenters. The number of hydrogen-bond acceptors (Lipinski definition) is 3. The molecule has 0 saturated carbocycles. The van der Waals surface area contributed by atoms with Crippen LogP contribution in [0.15, 0.2) is 35.3 Å². The van der Waals surface area contributed by atoms with Gasteiger partial charge in [-0.05, 0) is 39.8 Å². The van der Waals surface area contributed by atoms with E-state index in [1.54, 1.807) is 4.90 Å². The van der Waals surface area contributed by atoms with Crippen LogP contribution in [0.1, 0.15) is 34.1 Å². The minimum absolute atomic E-state index is 0.0589. The van der Waals surface area contributed by atoms with Gasteiger partial charge >= 0.3 is 12.1 Å². The van der Waals surface area contributed by atoms with Crippen molar-refractivity contribution in [2.24, 2.45) is 4.99 Å². The van der Waals surface area contributed by atoms with Gasteiger partial charge in [-0.1, -0.05) is 18.2 Å². The summed E-state index contributed by atoms with van der Waals surface area (Å²) in [6, 6.07) is 9.76. The van der Waals surface area contributed by atoms with Gasteiger partial charge in [-0.25, -0.2) is 9.69 Å². The van der Waals surface area contributed by atoms with E-state index in [0.29, 0.717) is 12.6 Å². The van der Waals surface area contributed by atoms with E-state index in [0.717, 1.165) is 12.1 Å². The number of amidine groups is 1. The van der Waals surface area contributed by atoms with E-state index in [9.17, 15) is 4.79 Å². The number of para-hydroxylation sites is 1. The number of urea groups is 1.